The van der Waals surface area contributed by atoms with Gasteiger partial charge in [0.25, 0.3) is 11.8 Å². The summed E-state index contributed by atoms with van der Waals surface area (Å²) in [6.07, 6.45) is 0. The predicted octanol–water partition coefficient (Wildman–Crippen LogP) is 1.41. The third-order valence-corrected chi connectivity index (χ3v) is 3.57. The largest absolute Gasteiger partial charge is 0.376 e. The number of carbonyl (C=O) groups is 3. The number of nitrogens with one attached hydrogen (secondary N) is 4. The van der Waals surface area contributed by atoms with Crippen LogP contribution in [0.1, 0.15) is 38.8 Å². The molecule has 7 nitrogen and oxygen atoms in total. The van der Waals surface area contributed by atoms with Crippen molar-refractivity contribution in [3.05, 3.63) is 29.3 Å². The molecule has 0 aromatic heterocycles. The second-order valence-electron chi connectivity index (χ2n) is 7.15. The molecule has 0 aliphatic heterocycles. The molecule has 7 heteroatoms. The van der Waals surface area contributed by atoms with Crippen molar-refractivity contribution in [1.29, 1.82) is 0 Å². The SMILES string of the molecule is Cc1ccc(NCC(=O)NNC(=O)[C@H](C)NC(=O)C(C)(C)C)c(C)c1. The van der Waals surface area contributed by atoms with Crippen LogP contribution < -0.4 is 21.5 Å². The van der Waals surface area contributed by atoms with Gasteiger partial charge in [0, 0.05) is 11.1 Å². The minimum atomic E-state index is -0.751. The molecular weight excluding hydrogens is 320 g/mol. The van der Waals surface area contributed by atoms with Crippen LogP contribution in [0.2, 0.25) is 0 Å². The van der Waals surface area contributed by atoms with Gasteiger partial charge in [-0.2, -0.15) is 0 Å². The highest BCUT2D eigenvalue weighted by molar-refractivity contribution is 5.90. The molecule has 3 amide bonds. The molecule has 0 spiro atoms. The molecule has 0 saturated carbocycles. The molecule has 0 heterocycles. The molecule has 0 unspecified atom stereocenters. The summed E-state index contributed by atoms with van der Waals surface area (Å²) in [4.78, 5) is 35.6. The zero-order valence-corrected chi connectivity index (χ0v) is 15.7. The van der Waals surface area contributed by atoms with Gasteiger partial charge in [-0.25, -0.2) is 0 Å². The maximum Gasteiger partial charge on any atom is 0.260 e. The summed E-state index contributed by atoms with van der Waals surface area (Å²) in [6, 6.07) is 5.12. The lowest BCUT2D eigenvalue weighted by atomic mass is 9.95. The number of amides is 3. The predicted molar refractivity (Wildman–Crippen MR) is 97.8 cm³/mol. The van der Waals surface area contributed by atoms with Gasteiger partial charge in [0.05, 0.1) is 6.54 Å². The van der Waals surface area contributed by atoms with E-state index >= 15 is 0 Å². The van der Waals surface area contributed by atoms with Crippen molar-refractivity contribution >= 4 is 23.4 Å². The van der Waals surface area contributed by atoms with Crippen molar-refractivity contribution in [3.63, 3.8) is 0 Å². The van der Waals surface area contributed by atoms with Gasteiger partial charge in [0.15, 0.2) is 0 Å². The molecule has 0 radical (unpaired) electrons. The van der Waals surface area contributed by atoms with Crippen LogP contribution in [-0.4, -0.2) is 30.3 Å². The van der Waals surface area contributed by atoms with Gasteiger partial charge < -0.3 is 10.6 Å². The summed E-state index contributed by atoms with van der Waals surface area (Å²) < 4.78 is 0. The molecule has 0 saturated heterocycles. The Morgan fingerprint density at radius 2 is 1.72 bits per heavy atom. The maximum absolute atomic E-state index is 11.9. The summed E-state index contributed by atoms with van der Waals surface area (Å²) >= 11 is 0. The van der Waals surface area contributed by atoms with Crippen molar-refractivity contribution in [3.8, 4) is 0 Å². The Balaban J connectivity index is 2.40. The Bertz CT molecular complexity index is 650. The van der Waals surface area contributed by atoms with Crippen molar-refractivity contribution in [2.24, 2.45) is 5.41 Å². The first-order valence-corrected chi connectivity index (χ1v) is 8.21. The van der Waals surface area contributed by atoms with Crippen LogP contribution in [0.5, 0.6) is 0 Å². The molecule has 4 N–H and O–H groups in total. The van der Waals surface area contributed by atoms with Crippen LogP contribution in [0.15, 0.2) is 18.2 Å². The quantitative estimate of drug-likeness (QED) is 0.605. The zero-order valence-electron chi connectivity index (χ0n) is 15.7. The van der Waals surface area contributed by atoms with Crippen molar-refractivity contribution < 1.29 is 14.4 Å². The number of aryl methyl sites for hydroxylation is 2. The number of carbonyl (C=O) groups excluding carboxylic acids is 3. The van der Waals surface area contributed by atoms with Crippen molar-refractivity contribution in [1.82, 2.24) is 16.2 Å². The minimum Gasteiger partial charge on any atom is -0.376 e. The fourth-order valence-electron chi connectivity index (χ4n) is 1.95. The van der Waals surface area contributed by atoms with E-state index in [1.54, 1.807) is 27.7 Å². The van der Waals surface area contributed by atoms with E-state index < -0.39 is 17.4 Å². The molecule has 138 valence electrons. The fourth-order valence-corrected chi connectivity index (χ4v) is 1.95. The first-order chi connectivity index (χ1) is 11.5. The second kappa shape index (κ2) is 8.50. The Labute approximate surface area is 148 Å². The molecule has 1 aromatic rings. The van der Waals surface area contributed by atoms with E-state index in [9.17, 15) is 14.4 Å². The van der Waals surface area contributed by atoms with E-state index in [1.807, 2.05) is 32.0 Å². The van der Waals surface area contributed by atoms with Crippen molar-refractivity contribution in [2.45, 2.75) is 47.6 Å². The van der Waals surface area contributed by atoms with Crippen LogP contribution in [-0.2, 0) is 14.4 Å². The van der Waals surface area contributed by atoms with E-state index in [4.69, 9.17) is 0 Å². The smallest absolute Gasteiger partial charge is 0.260 e. The van der Waals surface area contributed by atoms with Crippen LogP contribution >= 0.6 is 0 Å². The molecule has 0 fully saturated rings. The number of hydrazine groups is 1. The highest BCUT2D eigenvalue weighted by atomic mass is 16.2. The lowest BCUT2D eigenvalue weighted by molar-refractivity contribution is -0.134. The third-order valence-electron chi connectivity index (χ3n) is 3.57. The average molecular weight is 348 g/mol. The molecule has 1 aromatic carbocycles. The van der Waals surface area contributed by atoms with Crippen LogP contribution in [0.25, 0.3) is 0 Å². The first-order valence-electron chi connectivity index (χ1n) is 8.21. The molecule has 0 aliphatic carbocycles. The lowest BCUT2D eigenvalue weighted by Gasteiger charge is -2.21. The lowest BCUT2D eigenvalue weighted by Crippen LogP contribution is -2.53. The van der Waals surface area contributed by atoms with Gasteiger partial charge in [0.1, 0.15) is 6.04 Å². The molecule has 0 bridgehead atoms. The topological polar surface area (TPSA) is 99.3 Å². The summed E-state index contributed by atoms with van der Waals surface area (Å²) in [6.45, 7) is 10.8. The second-order valence-corrected chi connectivity index (χ2v) is 7.15. The van der Waals surface area contributed by atoms with Gasteiger partial charge in [-0.1, -0.05) is 38.5 Å². The Kier molecular flexibility index (Phi) is 6.97. The third kappa shape index (κ3) is 6.82. The van der Waals surface area contributed by atoms with Crippen LogP contribution in [0, 0.1) is 19.3 Å². The summed E-state index contributed by atoms with van der Waals surface area (Å²) in [5.41, 5.74) is 7.08. The minimum absolute atomic E-state index is 0.0207. The van der Waals surface area contributed by atoms with Crippen molar-refractivity contribution in [2.75, 3.05) is 11.9 Å². The van der Waals surface area contributed by atoms with E-state index in [1.165, 1.54) is 0 Å². The van der Waals surface area contributed by atoms with E-state index in [0.29, 0.717) is 0 Å². The monoisotopic (exact) mass is 348 g/mol. The average Bonchev–Trinajstić information content (AvgIpc) is 2.50. The van der Waals surface area contributed by atoms with Gasteiger partial charge >= 0.3 is 0 Å². The first kappa shape index (κ1) is 20.5. The Morgan fingerprint density at radius 1 is 1.08 bits per heavy atom. The number of anilines is 1. The van der Waals surface area contributed by atoms with Crippen LogP contribution in [0.4, 0.5) is 5.69 Å². The highest BCUT2D eigenvalue weighted by Crippen LogP contribution is 2.15. The highest BCUT2D eigenvalue weighted by Gasteiger charge is 2.25. The van der Waals surface area contributed by atoms with Crippen LogP contribution in [0.3, 0.4) is 0 Å². The van der Waals surface area contributed by atoms with E-state index in [-0.39, 0.29) is 18.4 Å². The number of hydrogen-bond acceptors (Lipinski definition) is 4. The molecule has 25 heavy (non-hydrogen) atoms. The maximum atomic E-state index is 11.9. The summed E-state index contributed by atoms with van der Waals surface area (Å²) in [5.74, 6) is -1.11. The van der Waals surface area contributed by atoms with Gasteiger partial charge in [-0.3, -0.25) is 25.2 Å². The van der Waals surface area contributed by atoms with Gasteiger partial charge in [0.2, 0.25) is 5.91 Å². The van der Waals surface area contributed by atoms with Gasteiger partial charge in [-0.15, -0.1) is 0 Å². The summed E-state index contributed by atoms with van der Waals surface area (Å²) in [5, 5.41) is 5.61. The Hall–Kier alpha value is -2.57. The zero-order chi connectivity index (χ0) is 19.2. The number of rotatable bonds is 5. The summed E-state index contributed by atoms with van der Waals surface area (Å²) in [7, 11) is 0. The fraction of sp³-hybridized carbons (Fsp3) is 0.500. The molecule has 1 rings (SSSR count). The Morgan fingerprint density at radius 3 is 2.28 bits per heavy atom. The van der Waals surface area contributed by atoms with Gasteiger partial charge in [-0.05, 0) is 32.4 Å². The molecular formula is C18H28N4O3. The van der Waals surface area contributed by atoms with E-state index in [2.05, 4.69) is 21.5 Å². The normalized spacial score (nSPS) is 12.1. The number of benzene rings is 1. The van der Waals surface area contributed by atoms with E-state index in [0.717, 1.165) is 16.8 Å². The molecule has 1 atom stereocenters. The standard InChI is InChI=1S/C18H28N4O3/c1-11-7-8-14(12(2)9-11)19-10-15(23)21-22-16(24)13(3)20-17(25)18(4,5)6/h7-9,13,19H,10H2,1-6H3,(H,20,25)(H,21,23)(H,22,24)/t13-/m0/s1. The number of hydrogen-bond donors (Lipinski definition) is 4. The molecule has 0 aliphatic rings.